The number of methoxy groups -OCH3 is 1. The second-order valence-electron chi connectivity index (χ2n) is 8.25. The average molecular weight is 468 g/mol. The van der Waals surface area contributed by atoms with E-state index in [2.05, 4.69) is 20.5 Å². The largest absolute Gasteiger partial charge is 0.505 e. The molecule has 0 saturated carbocycles. The Bertz CT molecular complexity index is 1480. The number of fused-ring (bicyclic) bond motifs is 2. The molecule has 8 heteroatoms. The van der Waals surface area contributed by atoms with Gasteiger partial charge in [-0.2, -0.15) is 0 Å². The van der Waals surface area contributed by atoms with Crippen LogP contribution in [0.15, 0.2) is 79.1 Å². The molecule has 0 spiro atoms. The summed E-state index contributed by atoms with van der Waals surface area (Å²) in [6.07, 6.45) is 4.27. The molecule has 0 radical (unpaired) electrons. The number of benzene rings is 2. The molecule has 2 aromatic carbocycles. The number of amides is 1. The zero-order valence-electron chi connectivity index (χ0n) is 19.3. The summed E-state index contributed by atoms with van der Waals surface area (Å²) < 4.78 is 7.19. The fraction of sp³-hybridized carbons (Fsp3) is 0.185. The lowest BCUT2D eigenvalue weighted by atomic mass is 9.87. The second kappa shape index (κ2) is 9.80. The smallest absolute Gasteiger partial charge is 0.220 e. The van der Waals surface area contributed by atoms with Crippen LogP contribution in [0.2, 0.25) is 0 Å². The van der Waals surface area contributed by atoms with E-state index < -0.39 is 0 Å². The number of nitrogens with one attached hydrogen (secondary N) is 1. The van der Waals surface area contributed by atoms with E-state index in [1.54, 1.807) is 13.3 Å². The number of phenolic OH excluding ortho intramolecular Hbond substituents is 1. The number of ether oxygens (including phenoxy) is 1. The summed E-state index contributed by atoms with van der Waals surface area (Å²) in [5.41, 5.74) is 2.84. The standard InChI is InChI=1S/C27H25N5O3/c1-35-20-10-7-18(8-11-20)22(21-12-9-19-5-4-14-29-26(19)27(21)34)17-25(33)28-15-13-24-31-30-23-6-2-3-16-32(23)24/h2-12,14,16,22,34H,13,15,17H2,1H3,(H,28,33). The normalized spacial score (nSPS) is 12.0. The number of rotatable bonds is 8. The van der Waals surface area contributed by atoms with Gasteiger partial charge in [-0.1, -0.05) is 36.4 Å². The number of hydrogen-bond acceptors (Lipinski definition) is 6. The summed E-state index contributed by atoms with van der Waals surface area (Å²) in [5.74, 6) is 1.11. The Hall–Kier alpha value is -4.46. The van der Waals surface area contributed by atoms with Crippen molar-refractivity contribution in [3.8, 4) is 11.5 Å². The molecule has 0 aliphatic rings. The van der Waals surface area contributed by atoms with Gasteiger partial charge in [-0.15, -0.1) is 10.2 Å². The Kier molecular flexibility index (Phi) is 6.26. The highest BCUT2D eigenvalue weighted by Crippen LogP contribution is 2.38. The van der Waals surface area contributed by atoms with Gasteiger partial charge in [0, 0.05) is 48.6 Å². The number of phenols is 1. The van der Waals surface area contributed by atoms with Crippen LogP contribution in [0, 0.1) is 0 Å². The summed E-state index contributed by atoms with van der Waals surface area (Å²) in [6, 6.07) is 20.8. The van der Waals surface area contributed by atoms with Crippen molar-refractivity contribution in [1.29, 1.82) is 0 Å². The van der Waals surface area contributed by atoms with Crippen LogP contribution in [0.5, 0.6) is 11.5 Å². The van der Waals surface area contributed by atoms with Crippen LogP contribution in [0.3, 0.4) is 0 Å². The first-order chi connectivity index (χ1) is 17.1. The van der Waals surface area contributed by atoms with Gasteiger partial charge >= 0.3 is 0 Å². The Balaban J connectivity index is 1.36. The van der Waals surface area contributed by atoms with Gasteiger partial charge < -0.3 is 15.2 Å². The number of nitrogens with zero attached hydrogens (tertiary/aromatic N) is 4. The zero-order valence-corrected chi connectivity index (χ0v) is 19.3. The number of aromatic hydroxyl groups is 1. The first kappa shape index (κ1) is 22.3. The number of hydrogen-bond donors (Lipinski definition) is 2. The van der Waals surface area contributed by atoms with E-state index in [9.17, 15) is 9.90 Å². The van der Waals surface area contributed by atoms with E-state index in [-0.39, 0.29) is 24.0 Å². The molecule has 0 aliphatic carbocycles. The van der Waals surface area contributed by atoms with Gasteiger partial charge in [-0.25, -0.2) is 0 Å². The van der Waals surface area contributed by atoms with Crippen LogP contribution in [0.25, 0.3) is 16.6 Å². The summed E-state index contributed by atoms with van der Waals surface area (Å²) in [5, 5.41) is 23.3. The fourth-order valence-electron chi connectivity index (χ4n) is 4.30. The van der Waals surface area contributed by atoms with Gasteiger partial charge in [0.25, 0.3) is 0 Å². The van der Waals surface area contributed by atoms with Crippen molar-refractivity contribution in [3.63, 3.8) is 0 Å². The van der Waals surface area contributed by atoms with Gasteiger partial charge in [0.2, 0.25) is 5.91 Å². The Morgan fingerprint density at radius 3 is 2.74 bits per heavy atom. The topological polar surface area (TPSA) is 102 Å². The molecule has 0 saturated heterocycles. The lowest BCUT2D eigenvalue weighted by molar-refractivity contribution is -0.121. The molecular weight excluding hydrogens is 442 g/mol. The summed E-state index contributed by atoms with van der Waals surface area (Å²) in [6.45, 7) is 0.426. The van der Waals surface area contributed by atoms with Crippen molar-refractivity contribution in [2.45, 2.75) is 18.8 Å². The lowest BCUT2D eigenvalue weighted by Gasteiger charge is -2.20. The van der Waals surface area contributed by atoms with Crippen LogP contribution in [-0.2, 0) is 11.2 Å². The van der Waals surface area contributed by atoms with Gasteiger partial charge in [0.1, 0.15) is 22.8 Å². The summed E-state index contributed by atoms with van der Waals surface area (Å²) in [4.78, 5) is 17.4. The second-order valence-corrected chi connectivity index (χ2v) is 8.25. The van der Waals surface area contributed by atoms with E-state index in [0.29, 0.717) is 24.0 Å². The van der Waals surface area contributed by atoms with E-state index in [0.717, 1.165) is 28.2 Å². The highest BCUT2D eigenvalue weighted by molar-refractivity contribution is 5.86. The first-order valence-electron chi connectivity index (χ1n) is 11.4. The average Bonchev–Trinajstić information content (AvgIpc) is 3.31. The lowest BCUT2D eigenvalue weighted by Crippen LogP contribution is -2.28. The van der Waals surface area contributed by atoms with E-state index in [1.807, 2.05) is 77.3 Å². The minimum Gasteiger partial charge on any atom is -0.505 e. The van der Waals surface area contributed by atoms with Crippen molar-refractivity contribution in [3.05, 3.63) is 96.1 Å². The molecule has 2 N–H and O–H groups in total. The molecule has 0 aliphatic heterocycles. The predicted molar refractivity (Wildman–Crippen MR) is 133 cm³/mol. The third kappa shape index (κ3) is 4.63. The van der Waals surface area contributed by atoms with Gasteiger partial charge in [-0.05, 0) is 35.9 Å². The molecule has 0 fully saturated rings. The highest BCUT2D eigenvalue weighted by atomic mass is 16.5. The molecule has 1 unspecified atom stereocenters. The molecule has 3 aromatic heterocycles. The van der Waals surface area contributed by atoms with Crippen LogP contribution < -0.4 is 10.1 Å². The Morgan fingerprint density at radius 1 is 1.06 bits per heavy atom. The molecular formula is C27H25N5O3. The van der Waals surface area contributed by atoms with Crippen LogP contribution in [0.4, 0.5) is 0 Å². The fourth-order valence-corrected chi connectivity index (χ4v) is 4.30. The monoisotopic (exact) mass is 467 g/mol. The summed E-state index contributed by atoms with van der Waals surface area (Å²) in [7, 11) is 1.61. The van der Waals surface area contributed by atoms with Gasteiger partial charge in [0.05, 0.1) is 7.11 Å². The molecule has 35 heavy (non-hydrogen) atoms. The number of carbonyl (C=O) groups excluding carboxylic acids is 1. The number of carbonyl (C=O) groups is 1. The molecule has 3 heterocycles. The molecule has 1 atom stereocenters. The van der Waals surface area contributed by atoms with Crippen molar-refractivity contribution in [2.24, 2.45) is 0 Å². The highest BCUT2D eigenvalue weighted by Gasteiger charge is 2.23. The molecule has 8 nitrogen and oxygen atoms in total. The third-order valence-electron chi connectivity index (χ3n) is 6.12. The molecule has 176 valence electrons. The minimum absolute atomic E-state index is 0.0895. The Labute approximate surface area is 202 Å². The van der Waals surface area contributed by atoms with Crippen LogP contribution >= 0.6 is 0 Å². The van der Waals surface area contributed by atoms with Crippen LogP contribution in [-0.4, -0.2) is 44.3 Å². The van der Waals surface area contributed by atoms with E-state index in [1.165, 1.54) is 0 Å². The predicted octanol–water partition coefficient (Wildman–Crippen LogP) is 3.87. The third-order valence-corrected chi connectivity index (χ3v) is 6.12. The van der Waals surface area contributed by atoms with Crippen molar-refractivity contribution < 1.29 is 14.6 Å². The zero-order chi connectivity index (χ0) is 24.2. The molecule has 5 rings (SSSR count). The molecule has 1 amide bonds. The quantitative estimate of drug-likeness (QED) is 0.359. The first-order valence-corrected chi connectivity index (χ1v) is 11.4. The Morgan fingerprint density at radius 2 is 1.91 bits per heavy atom. The maximum atomic E-state index is 13.0. The van der Waals surface area contributed by atoms with Crippen molar-refractivity contribution in [1.82, 2.24) is 24.9 Å². The maximum Gasteiger partial charge on any atom is 0.220 e. The molecule has 0 bridgehead atoms. The SMILES string of the molecule is COc1ccc(C(CC(=O)NCCc2nnc3ccccn23)c2ccc3cccnc3c2O)cc1. The summed E-state index contributed by atoms with van der Waals surface area (Å²) >= 11 is 0. The van der Waals surface area contributed by atoms with Crippen molar-refractivity contribution in [2.75, 3.05) is 13.7 Å². The number of pyridine rings is 2. The van der Waals surface area contributed by atoms with Crippen LogP contribution in [0.1, 0.15) is 29.3 Å². The maximum absolute atomic E-state index is 13.0. The van der Waals surface area contributed by atoms with E-state index >= 15 is 0 Å². The van der Waals surface area contributed by atoms with Crippen molar-refractivity contribution >= 4 is 22.5 Å². The van der Waals surface area contributed by atoms with Gasteiger partial charge in [0.15, 0.2) is 5.65 Å². The minimum atomic E-state index is -0.360. The van der Waals surface area contributed by atoms with Gasteiger partial charge in [-0.3, -0.25) is 14.2 Å². The molecule has 5 aromatic rings. The number of aromatic nitrogens is 4. The van der Waals surface area contributed by atoms with E-state index in [4.69, 9.17) is 4.74 Å².